The van der Waals surface area contributed by atoms with Crippen LogP contribution in [0.5, 0.6) is 0 Å². The molecule has 0 saturated heterocycles. The van der Waals surface area contributed by atoms with Gasteiger partial charge < -0.3 is 10.3 Å². The first-order valence-electron chi connectivity index (χ1n) is 7.16. The third-order valence-electron chi connectivity index (χ3n) is 3.31. The molecule has 2 N–H and O–H groups in total. The molecule has 130 valence electrons. The molecule has 0 spiro atoms. The Bertz CT molecular complexity index is 885. The predicted octanol–water partition coefficient (Wildman–Crippen LogP) is 4.24. The number of nitrogens with zero attached hydrogens (tertiary/aromatic N) is 1. The van der Waals surface area contributed by atoms with Gasteiger partial charge in [0.05, 0.1) is 11.0 Å². The van der Waals surface area contributed by atoms with E-state index in [2.05, 4.69) is 9.97 Å². The lowest BCUT2D eigenvalue weighted by Crippen LogP contribution is -2.16. The second-order valence-corrected chi connectivity index (χ2v) is 6.13. The summed E-state index contributed by atoms with van der Waals surface area (Å²) in [5, 5.41) is 2.45. The van der Waals surface area contributed by atoms with Gasteiger partial charge in [-0.05, 0) is 12.1 Å². The number of H-pyrrole nitrogens is 1. The lowest BCUT2D eigenvalue weighted by atomic mass is 10.2. The van der Waals surface area contributed by atoms with Gasteiger partial charge in [0.2, 0.25) is 5.91 Å². The number of hydrogen-bond donors (Lipinski definition) is 2. The summed E-state index contributed by atoms with van der Waals surface area (Å²) in [6.07, 6.45) is -0.126. The van der Waals surface area contributed by atoms with Crippen molar-refractivity contribution in [2.45, 2.75) is 11.6 Å². The maximum Gasteiger partial charge on any atom is 0.225 e. The summed E-state index contributed by atoms with van der Waals surface area (Å²) in [5.41, 5.74) is 0.485. The first-order valence-corrected chi connectivity index (χ1v) is 8.14. The summed E-state index contributed by atoms with van der Waals surface area (Å²) in [5.74, 6) is -6.95. The molecule has 2 aromatic carbocycles. The zero-order valence-corrected chi connectivity index (χ0v) is 13.4. The lowest BCUT2D eigenvalue weighted by Gasteiger charge is -2.08. The van der Waals surface area contributed by atoms with E-state index >= 15 is 0 Å². The van der Waals surface area contributed by atoms with Gasteiger partial charge in [0.1, 0.15) is 5.69 Å². The molecule has 0 radical (unpaired) electrons. The third kappa shape index (κ3) is 3.76. The molecule has 1 amide bonds. The van der Waals surface area contributed by atoms with Crippen LogP contribution in [0.3, 0.4) is 0 Å². The van der Waals surface area contributed by atoms with E-state index in [1.165, 1.54) is 11.8 Å². The van der Waals surface area contributed by atoms with E-state index in [-0.39, 0.29) is 18.2 Å². The number of halogens is 4. The molecule has 4 nitrogen and oxygen atoms in total. The molecule has 0 unspecified atom stereocenters. The van der Waals surface area contributed by atoms with Crippen molar-refractivity contribution in [3.8, 4) is 0 Å². The Morgan fingerprint density at radius 3 is 2.48 bits per heavy atom. The monoisotopic (exact) mass is 369 g/mol. The van der Waals surface area contributed by atoms with Crippen LogP contribution < -0.4 is 5.32 Å². The van der Waals surface area contributed by atoms with E-state index in [4.69, 9.17) is 0 Å². The van der Waals surface area contributed by atoms with Gasteiger partial charge in [-0.15, -0.1) is 0 Å². The van der Waals surface area contributed by atoms with Crippen LogP contribution in [0.1, 0.15) is 6.42 Å². The van der Waals surface area contributed by atoms with Crippen molar-refractivity contribution in [3.63, 3.8) is 0 Å². The molecular weight excluding hydrogens is 358 g/mol. The molecule has 0 aliphatic carbocycles. The van der Waals surface area contributed by atoms with Gasteiger partial charge >= 0.3 is 0 Å². The van der Waals surface area contributed by atoms with Crippen LogP contribution in [0.15, 0.2) is 35.5 Å². The van der Waals surface area contributed by atoms with E-state index < -0.39 is 34.9 Å². The number of nitrogens with one attached hydrogen (secondary N) is 2. The highest BCUT2D eigenvalue weighted by molar-refractivity contribution is 7.99. The molecule has 0 bridgehead atoms. The van der Waals surface area contributed by atoms with E-state index in [0.29, 0.717) is 5.16 Å². The molecular formula is C16H11F4N3OS. The number of fused-ring (bicyclic) bond motifs is 1. The number of aromatic amines is 1. The number of rotatable bonds is 5. The van der Waals surface area contributed by atoms with Crippen molar-refractivity contribution in [2.24, 2.45) is 0 Å². The Hall–Kier alpha value is -2.55. The Balaban J connectivity index is 1.60. The van der Waals surface area contributed by atoms with Gasteiger partial charge in [0, 0.05) is 18.2 Å². The summed E-state index contributed by atoms with van der Waals surface area (Å²) in [6.45, 7) is 0. The molecule has 3 rings (SSSR count). The molecule has 3 aromatic rings. The van der Waals surface area contributed by atoms with Crippen LogP contribution in [0.2, 0.25) is 0 Å². The first kappa shape index (κ1) is 17.3. The van der Waals surface area contributed by atoms with E-state index in [9.17, 15) is 22.4 Å². The topological polar surface area (TPSA) is 57.8 Å². The minimum absolute atomic E-state index is 0.0811. The molecule has 1 heterocycles. The molecule has 0 saturated carbocycles. The number of carbonyl (C=O) groups is 1. The van der Waals surface area contributed by atoms with Crippen molar-refractivity contribution in [3.05, 3.63) is 53.6 Å². The number of carbonyl (C=O) groups excluding carboxylic acids is 1. The lowest BCUT2D eigenvalue weighted by molar-refractivity contribution is -0.115. The van der Waals surface area contributed by atoms with Crippen molar-refractivity contribution >= 4 is 34.4 Å². The second kappa shape index (κ2) is 7.14. The molecule has 0 aliphatic heterocycles. The first-order chi connectivity index (χ1) is 12.0. The number of benzene rings is 2. The number of amides is 1. The normalized spacial score (nSPS) is 11.0. The Labute approximate surface area is 143 Å². The number of anilines is 1. The van der Waals surface area contributed by atoms with Gasteiger partial charge in [-0.3, -0.25) is 4.79 Å². The number of para-hydroxylation sites is 2. The molecule has 0 aliphatic rings. The highest BCUT2D eigenvalue weighted by atomic mass is 32.2. The second-order valence-electron chi connectivity index (χ2n) is 5.05. The fraction of sp³-hybridized carbons (Fsp3) is 0.125. The van der Waals surface area contributed by atoms with Crippen molar-refractivity contribution in [2.75, 3.05) is 11.1 Å². The quantitative estimate of drug-likeness (QED) is 0.402. The minimum atomic E-state index is -1.64. The van der Waals surface area contributed by atoms with Gasteiger partial charge in [0.15, 0.2) is 28.4 Å². The number of hydrogen-bond acceptors (Lipinski definition) is 3. The van der Waals surface area contributed by atoms with Gasteiger partial charge in [-0.25, -0.2) is 22.5 Å². The molecule has 1 aromatic heterocycles. The summed E-state index contributed by atoms with van der Waals surface area (Å²) in [6, 6.07) is 7.45. The van der Waals surface area contributed by atoms with Crippen LogP contribution in [-0.2, 0) is 4.79 Å². The minimum Gasteiger partial charge on any atom is -0.333 e. The summed E-state index contributed by atoms with van der Waals surface area (Å²) >= 11 is 1.24. The summed E-state index contributed by atoms with van der Waals surface area (Å²) < 4.78 is 53.2. The maximum atomic E-state index is 13.5. The Morgan fingerprint density at radius 1 is 1.12 bits per heavy atom. The highest BCUT2D eigenvalue weighted by Gasteiger charge is 2.20. The van der Waals surface area contributed by atoms with Crippen LogP contribution in [0.4, 0.5) is 23.2 Å². The third-order valence-corrected chi connectivity index (χ3v) is 4.19. The average Bonchev–Trinajstić information content (AvgIpc) is 2.99. The zero-order valence-electron chi connectivity index (χ0n) is 12.6. The predicted molar refractivity (Wildman–Crippen MR) is 86.3 cm³/mol. The van der Waals surface area contributed by atoms with Crippen LogP contribution >= 0.6 is 11.8 Å². The molecule has 9 heteroatoms. The average molecular weight is 369 g/mol. The maximum absolute atomic E-state index is 13.5. The molecule has 0 atom stereocenters. The van der Waals surface area contributed by atoms with E-state index in [1.807, 2.05) is 29.6 Å². The zero-order chi connectivity index (χ0) is 18.0. The number of imidazole rings is 1. The van der Waals surface area contributed by atoms with Crippen LogP contribution in [0.25, 0.3) is 11.0 Å². The standard InChI is InChI=1S/C16H11F4N3OS/c17-8-7-9(18)14(20)15(13(8)19)23-12(24)5-6-25-16-21-10-3-1-2-4-11(10)22-16/h1-4,7H,5-6H2,(H,21,22)(H,23,24). The Morgan fingerprint density at radius 2 is 1.80 bits per heavy atom. The van der Waals surface area contributed by atoms with Crippen LogP contribution in [-0.4, -0.2) is 21.6 Å². The molecule has 0 fully saturated rings. The van der Waals surface area contributed by atoms with Crippen LogP contribution in [0, 0.1) is 23.3 Å². The number of aromatic nitrogens is 2. The highest BCUT2D eigenvalue weighted by Crippen LogP contribution is 2.25. The smallest absolute Gasteiger partial charge is 0.225 e. The fourth-order valence-corrected chi connectivity index (χ4v) is 2.95. The van der Waals surface area contributed by atoms with Gasteiger partial charge in [-0.2, -0.15) is 0 Å². The summed E-state index contributed by atoms with van der Waals surface area (Å²) in [4.78, 5) is 19.1. The molecule has 25 heavy (non-hydrogen) atoms. The fourth-order valence-electron chi connectivity index (χ4n) is 2.12. The van der Waals surface area contributed by atoms with Gasteiger partial charge in [0.25, 0.3) is 0 Å². The van der Waals surface area contributed by atoms with E-state index in [1.54, 1.807) is 0 Å². The van der Waals surface area contributed by atoms with Crippen molar-refractivity contribution < 1.29 is 22.4 Å². The van der Waals surface area contributed by atoms with E-state index in [0.717, 1.165) is 11.0 Å². The Kier molecular flexibility index (Phi) is 4.93. The largest absolute Gasteiger partial charge is 0.333 e. The SMILES string of the molecule is O=C(CCSc1nc2ccccc2[nH]1)Nc1c(F)c(F)cc(F)c1F. The van der Waals surface area contributed by atoms with Crippen molar-refractivity contribution in [1.29, 1.82) is 0 Å². The van der Waals surface area contributed by atoms with Crippen molar-refractivity contribution in [1.82, 2.24) is 9.97 Å². The number of thioether (sulfide) groups is 1. The van der Waals surface area contributed by atoms with Gasteiger partial charge in [-0.1, -0.05) is 23.9 Å². The summed E-state index contributed by atoms with van der Waals surface area (Å²) in [7, 11) is 0.